The Kier molecular flexibility index (Phi) is 10.1. The van der Waals surface area contributed by atoms with Crippen molar-refractivity contribution in [3.8, 4) is 11.5 Å². The van der Waals surface area contributed by atoms with E-state index in [0.29, 0.717) is 23.8 Å². The Morgan fingerprint density at radius 3 is 2.28 bits per heavy atom. The fourth-order valence-corrected chi connectivity index (χ4v) is 3.31. The summed E-state index contributed by atoms with van der Waals surface area (Å²) in [4.78, 5) is 14.4. The normalized spacial score (nSPS) is 11.1. The van der Waals surface area contributed by atoms with E-state index in [-0.39, 0.29) is 11.8 Å². The van der Waals surface area contributed by atoms with Crippen molar-refractivity contribution in [2.75, 3.05) is 19.1 Å². The topological polar surface area (TPSA) is 38.8 Å². The number of ether oxygens (including phenoxy) is 2. The maximum Gasteiger partial charge on any atom is 0.227 e. The highest BCUT2D eigenvalue weighted by atomic mass is 35.5. The van der Waals surface area contributed by atoms with E-state index in [1.54, 1.807) is 19.1 Å². The zero-order valence-electron chi connectivity index (χ0n) is 19.5. The van der Waals surface area contributed by atoms with Crippen molar-refractivity contribution >= 4 is 23.2 Å². The Morgan fingerprint density at radius 1 is 1.00 bits per heavy atom. The second-order valence-corrected chi connectivity index (χ2v) is 7.63. The van der Waals surface area contributed by atoms with E-state index >= 15 is 0 Å². The molecule has 0 aromatic heterocycles. The van der Waals surface area contributed by atoms with Gasteiger partial charge in [-0.15, -0.1) is 0 Å². The largest absolute Gasteiger partial charge is 0.497 e. The summed E-state index contributed by atoms with van der Waals surface area (Å²) in [5, 5.41) is 0.559. The lowest BCUT2D eigenvalue weighted by Gasteiger charge is -2.21. The Labute approximate surface area is 196 Å². The number of nitrogens with zero attached hydrogens (tertiary/aromatic N) is 1. The second-order valence-electron chi connectivity index (χ2n) is 7.22. The minimum Gasteiger partial charge on any atom is -0.497 e. The van der Waals surface area contributed by atoms with Crippen LogP contribution in [0.2, 0.25) is 5.02 Å². The molecule has 0 heterocycles. The van der Waals surface area contributed by atoms with Crippen LogP contribution in [0, 0.1) is 0 Å². The molecule has 0 fully saturated rings. The lowest BCUT2D eigenvalue weighted by Crippen LogP contribution is -2.27. The summed E-state index contributed by atoms with van der Waals surface area (Å²) in [5.74, 6) is 1.45. The van der Waals surface area contributed by atoms with Gasteiger partial charge in [0, 0.05) is 19.2 Å². The van der Waals surface area contributed by atoms with Gasteiger partial charge in [0.2, 0.25) is 5.91 Å². The number of carbonyl (C=O) groups is 1. The van der Waals surface area contributed by atoms with Crippen LogP contribution in [-0.2, 0) is 11.4 Å². The fraction of sp³-hybridized carbons (Fsp3) is 0.296. The van der Waals surface area contributed by atoms with Gasteiger partial charge in [0.1, 0.15) is 18.1 Å². The molecule has 3 aromatic carbocycles. The number of amides is 1. The van der Waals surface area contributed by atoms with Gasteiger partial charge < -0.3 is 14.4 Å². The maximum absolute atomic E-state index is 12.8. The van der Waals surface area contributed by atoms with E-state index in [2.05, 4.69) is 0 Å². The molecule has 170 valence electrons. The molecule has 0 aliphatic heterocycles. The lowest BCUT2D eigenvalue weighted by atomic mass is 9.97. The second kappa shape index (κ2) is 12.8. The van der Waals surface area contributed by atoms with E-state index in [1.165, 1.54) is 0 Å². The van der Waals surface area contributed by atoms with E-state index in [4.69, 9.17) is 21.1 Å². The van der Waals surface area contributed by atoms with Gasteiger partial charge in [-0.25, -0.2) is 0 Å². The van der Waals surface area contributed by atoms with Crippen LogP contribution in [0.25, 0.3) is 0 Å². The number of halogens is 1. The third kappa shape index (κ3) is 7.03. The first-order valence-electron chi connectivity index (χ1n) is 10.8. The molecule has 0 saturated heterocycles. The Bertz CT molecular complexity index is 974. The van der Waals surface area contributed by atoms with E-state index in [0.717, 1.165) is 22.6 Å². The van der Waals surface area contributed by atoms with Crippen LogP contribution in [-0.4, -0.2) is 20.1 Å². The monoisotopic (exact) mass is 453 g/mol. The first-order chi connectivity index (χ1) is 15.5. The third-order valence-electron chi connectivity index (χ3n) is 5.08. The summed E-state index contributed by atoms with van der Waals surface area (Å²) in [6, 6.07) is 23.1. The van der Waals surface area contributed by atoms with Crippen LogP contribution in [0.5, 0.6) is 11.5 Å². The molecule has 0 spiro atoms. The van der Waals surface area contributed by atoms with Gasteiger partial charge in [-0.1, -0.05) is 68.8 Å². The summed E-state index contributed by atoms with van der Waals surface area (Å²) in [7, 11) is 3.41. The van der Waals surface area contributed by atoms with Crippen LogP contribution in [0.15, 0.2) is 72.8 Å². The molecule has 3 rings (SSSR count). The summed E-state index contributed by atoms with van der Waals surface area (Å²) in [5.41, 5.74) is 2.92. The van der Waals surface area contributed by atoms with Crippen LogP contribution < -0.4 is 14.4 Å². The highest BCUT2D eigenvalue weighted by Crippen LogP contribution is 2.31. The molecule has 0 bridgehead atoms. The van der Waals surface area contributed by atoms with Crippen LogP contribution >= 0.6 is 11.6 Å². The molecular weight excluding hydrogens is 422 g/mol. The van der Waals surface area contributed by atoms with Crippen molar-refractivity contribution in [2.45, 2.75) is 39.7 Å². The molecule has 1 amide bonds. The Morgan fingerprint density at radius 2 is 1.66 bits per heavy atom. The van der Waals surface area contributed by atoms with Crippen molar-refractivity contribution in [1.82, 2.24) is 0 Å². The molecule has 0 aliphatic carbocycles. The molecule has 4 nitrogen and oxygen atoms in total. The molecule has 0 aliphatic rings. The highest BCUT2D eigenvalue weighted by Gasteiger charge is 2.17. The SMILES string of the molecule is CC.COc1ccc(N(C)C(=O)CC(C)c2ccc(Cl)c(OCc3ccccc3)c2)cc1. The van der Waals surface area contributed by atoms with Crippen LogP contribution in [0.1, 0.15) is 44.2 Å². The number of benzene rings is 3. The quantitative estimate of drug-likeness (QED) is 0.364. The smallest absolute Gasteiger partial charge is 0.227 e. The maximum atomic E-state index is 12.8. The van der Waals surface area contributed by atoms with E-state index in [9.17, 15) is 4.79 Å². The predicted molar refractivity (Wildman–Crippen MR) is 133 cm³/mol. The van der Waals surface area contributed by atoms with Crippen molar-refractivity contribution in [3.63, 3.8) is 0 Å². The standard InChI is InChI=1S/C25H26ClNO3.C2H6/c1-18(15-25(28)27(2)21-10-12-22(29-3)13-11-21)20-9-14-23(26)24(16-20)30-17-19-7-5-4-6-8-19;1-2/h4-14,16,18H,15,17H2,1-3H3;1-2H3. The number of hydrogen-bond donors (Lipinski definition) is 0. The number of carbonyl (C=O) groups excluding carboxylic acids is 1. The van der Waals surface area contributed by atoms with Gasteiger partial charge in [-0.3, -0.25) is 4.79 Å². The van der Waals surface area contributed by atoms with Gasteiger partial charge in [0.15, 0.2) is 0 Å². The van der Waals surface area contributed by atoms with E-state index in [1.807, 2.05) is 93.6 Å². The van der Waals surface area contributed by atoms with Gasteiger partial charge >= 0.3 is 0 Å². The molecule has 0 N–H and O–H groups in total. The molecule has 0 radical (unpaired) electrons. The van der Waals surface area contributed by atoms with Crippen molar-refractivity contribution in [3.05, 3.63) is 88.9 Å². The first-order valence-corrected chi connectivity index (χ1v) is 11.2. The van der Waals surface area contributed by atoms with Gasteiger partial charge in [-0.05, 0) is 53.4 Å². The average Bonchev–Trinajstić information content (AvgIpc) is 2.85. The lowest BCUT2D eigenvalue weighted by molar-refractivity contribution is -0.118. The minimum absolute atomic E-state index is 0.0227. The summed E-state index contributed by atoms with van der Waals surface area (Å²) < 4.78 is 11.1. The molecule has 1 atom stereocenters. The predicted octanol–water partition coefficient (Wildman–Crippen LogP) is 7.11. The molecular formula is C27H32ClNO3. The zero-order valence-corrected chi connectivity index (χ0v) is 20.2. The van der Waals surface area contributed by atoms with Gasteiger partial charge in [0.05, 0.1) is 12.1 Å². The van der Waals surface area contributed by atoms with Crippen molar-refractivity contribution < 1.29 is 14.3 Å². The summed E-state index contributed by atoms with van der Waals surface area (Å²) in [6.45, 7) is 6.47. The van der Waals surface area contributed by atoms with Crippen molar-refractivity contribution in [1.29, 1.82) is 0 Å². The van der Waals surface area contributed by atoms with Crippen molar-refractivity contribution in [2.24, 2.45) is 0 Å². The molecule has 0 saturated carbocycles. The number of rotatable bonds is 8. The fourth-order valence-electron chi connectivity index (χ4n) is 3.14. The number of anilines is 1. The highest BCUT2D eigenvalue weighted by molar-refractivity contribution is 6.32. The first kappa shape index (κ1) is 25.3. The zero-order chi connectivity index (χ0) is 23.5. The summed E-state index contributed by atoms with van der Waals surface area (Å²) >= 11 is 6.32. The average molecular weight is 454 g/mol. The van der Waals surface area contributed by atoms with Gasteiger partial charge in [0.25, 0.3) is 0 Å². The molecule has 3 aromatic rings. The summed E-state index contributed by atoms with van der Waals surface area (Å²) in [6.07, 6.45) is 0.377. The number of methoxy groups -OCH3 is 1. The molecule has 32 heavy (non-hydrogen) atoms. The van der Waals surface area contributed by atoms with Crippen LogP contribution in [0.3, 0.4) is 0 Å². The third-order valence-corrected chi connectivity index (χ3v) is 5.39. The molecule has 1 unspecified atom stereocenters. The Balaban J connectivity index is 0.00000176. The van der Waals surface area contributed by atoms with Gasteiger partial charge in [-0.2, -0.15) is 0 Å². The van der Waals surface area contributed by atoms with Crippen LogP contribution in [0.4, 0.5) is 5.69 Å². The van der Waals surface area contributed by atoms with E-state index < -0.39 is 0 Å². The molecule has 5 heteroatoms. The Hall–Kier alpha value is -2.98. The minimum atomic E-state index is 0.0227. The number of hydrogen-bond acceptors (Lipinski definition) is 3.